The fraction of sp³-hybridized carbons (Fsp3) is 0.591. The minimum absolute atomic E-state index is 1.08. The molecule has 3 nitrogen and oxygen atoms in total. The number of hydrogen-bond donors (Lipinski definition) is 0. The van der Waals surface area contributed by atoms with Gasteiger partial charge in [-0.2, -0.15) is 0 Å². The summed E-state index contributed by atoms with van der Waals surface area (Å²) in [6, 6.07) is 0. The van der Waals surface area contributed by atoms with Gasteiger partial charge in [-0.3, -0.25) is 0 Å². The Morgan fingerprint density at radius 1 is 0.677 bits per heavy atom. The van der Waals surface area contributed by atoms with Crippen molar-refractivity contribution < 1.29 is 116 Å². The van der Waals surface area contributed by atoms with Crippen molar-refractivity contribution in [2.45, 2.75) is 90.0 Å². The van der Waals surface area contributed by atoms with Crippen LogP contribution >= 0.6 is 0 Å². The van der Waals surface area contributed by atoms with E-state index in [1.54, 1.807) is 16.0 Å². The predicted molar refractivity (Wildman–Crippen MR) is 132 cm³/mol. The molecule has 0 aliphatic heterocycles. The molecule has 0 radical (unpaired) electrons. The van der Waals surface area contributed by atoms with Gasteiger partial charge in [0.05, 0.1) is 0 Å². The molecular weight excluding hydrogens is 1410 g/mol. The van der Waals surface area contributed by atoms with E-state index in [2.05, 4.69) is 48.8 Å². The molecule has 190 valence electrons. The second kappa shape index (κ2) is 208. The molecule has 0 bridgehead atoms. The van der Waals surface area contributed by atoms with E-state index in [1.807, 2.05) is 83.1 Å². The molecular formula is C22H45N3W6-6. The summed E-state index contributed by atoms with van der Waals surface area (Å²) in [6.45, 7) is 34.9. The van der Waals surface area contributed by atoms with Crippen molar-refractivity contribution >= 4 is 46.9 Å². The summed E-state index contributed by atoms with van der Waals surface area (Å²) in [5, 5.41) is 0. The van der Waals surface area contributed by atoms with Crippen LogP contribution in [0.4, 0.5) is 0 Å². The third kappa shape index (κ3) is 551. The van der Waals surface area contributed by atoms with Crippen molar-refractivity contribution in [2.24, 2.45) is 15.0 Å². The van der Waals surface area contributed by atoms with E-state index in [-0.39, 0.29) is 0 Å². The van der Waals surface area contributed by atoms with Crippen molar-refractivity contribution in [3.05, 3.63) is 0 Å². The molecule has 0 fully saturated rings. The molecule has 9 heteroatoms. The SMILES string of the molecule is CC.CC.CC.CC.CC.C[C-]=N[C](C)=[W].C[C-]=[W].[CH-]=N[CH]=[W].[CH-]=N[CH]=[W].[CH-]=[W].[CH-]=[W]. The Kier molecular flexibility index (Phi) is 470. The van der Waals surface area contributed by atoms with Crippen LogP contribution in [0, 0.1) is 0 Å². The molecule has 0 aromatic carbocycles. The number of rotatable bonds is 3. The number of hydrogen-bond acceptors (Lipinski definition) is 3. The Bertz CT molecular complexity index is 260. The monoisotopic (exact) mass is 1460 g/mol. The van der Waals surface area contributed by atoms with Crippen LogP contribution in [-0.4, -0.2) is 46.9 Å². The third-order valence-corrected chi connectivity index (χ3v) is 1.59. The molecule has 0 aliphatic carbocycles. The van der Waals surface area contributed by atoms with E-state index in [0.29, 0.717) is 0 Å². The molecule has 0 saturated heterocycles. The first-order valence-corrected chi connectivity index (χ1v) is 19.0. The molecule has 0 unspecified atom stereocenters. The summed E-state index contributed by atoms with van der Waals surface area (Å²) in [4.78, 5) is 19.3. The molecule has 0 atom stereocenters. The summed E-state index contributed by atoms with van der Waals surface area (Å²) in [7, 11) is 0. The van der Waals surface area contributed by atoms with Crippen LogP contribution in [0.15, 0.2) is 15.0 Å². The third-order valence-electron chi connectivity index (χ3n) is 0.391. The van der Waals surface area contributed by atoms with Gasteiger partial charge in [0.15, 0.2) is 0 Å². The maximum absolute atomic E-state index is 4.62. The van der Waals surface area contributed by atoms with E-state index >= 15 is 0 Å². The Hall–Kier alpha value is 2.36. The fourth-order valence-corrected chi connectivity index (χ4v) is 0.485. The van der Waals surface area contributed by atoms with E-state index in [0.717, 1.165) is 42.7 Å². The standard InChI is InChI=1S/C4H6N.2C2H2N.5C2H6.C2H3.2CH.6W/c1-3-5-4-2;2*1-3-2;6*1-2;;;;;;;;/h1-2H3;2*1-2H;5*1-2H3;1H3;2*1H;;;;;;/q3*-1;;;;;;3*-1;;;;;;. The molecule has 0 aliphatic rings. The molecule has 0 rings (SSSR count). The van der Waals surface area contributed by atoms with E-state index < -0.39 is 0 Å². The molecule has 0 heterocycles. The Morgan fingerprint density at radius 2 is 0.806 bits per heavy atom. The topological polar surface area (TPSA) is 37.1 Å². The van der Waals surface area contributed by atoms with Crippen LogP contribution in [0.5, 0.6) is 0 Å². The van der Waals surface area contributed by atoms with Crippen molar-refractivity contribution in [3.63, 3.8) is 0 Å². The first-order chi connectivity index (χ1) is 15.0. The molecule has 0 saturated carbocycles. The van der Waals surface area contributed by atoms with Gasteiger partial charge >= 0.3 is 199 Å². The fourth-order valence-electron chi connectivity index (χ4n) is 0.157. The second-order valence-corrected chi connectivity index (χ2v) is 6.67. The summed E-state index contributed by atoms with van der Waals surface area (Å²) in [5.41, 5.74) is 0. The van der Waals surface area contributed by atoms with Crippen LogP contribution in [0.2, 0.25) is 0 Å². The van der Waals surface area contributed by atoms with E-state index in [9.17, 15) is 0 Å². The zero-order valence-electron chi connectivity index (χ0n) is 21.8. The first-order valence-electron chi connectivity index (χ1n) is 9.33. The van der Waals surface area contributed by atoms with Crippen LogP contribution < -0.4 is 0 Å². The van der Waals surface area contributed by atoms with Crippen LogP contribution in [0.3, 0.4) is 0 Å². The molecule has 0 spiro atoms. The van der Waals surface area contributed by atoms with Gasteiger partial charge in [0.25, 0.3) is 0 Å². The quantitative estimate of drug-likeness (QED) is 0.267. The normalized spacial score (nSPS) is 4.81. The average Bonchev–Trinajstić information content (AvgIpc) is 2.88. The van der Waals surface area contributed by atoms with Gasteiger partial charge in [-0.25, -0.2) is 0 Å². The predicted octanol–water partition coefficient (Wildman–Crippen LogP) is 5.44. The van der Waals surface area contributed by atoms with Crippen molar-refractivity contribution in [1.82, 2.24) is 0 Å². The summed E-state index contributed by atoms with van der Waals surface area (Å²) < 4.78 is 7.19. The van der Waals surface area contributed by atoms with Gasteiger partial charge in [0, 0.05) is 0 Å². The Balaban J connectivity index is -0.0000000163. The van der Waals surface area contributed by atoms with Gasteiger partial charge in [0.2, 0.25) is 0 Å². The van der Waals surface area contributed by atoms with Crippen molar-refractivity contribution in [3.8, 4) is 0 Å². The molecule has 31 heavy (non-hydrogen) atoms. The maximum atomic E-state index is 4.62. The van der Waals surface area contributed by atoms with Gasteiger partial charge in [-0.05, 0) is 0 Å². The van der Waals surface area contributed by atoms with Gasteiger partial charge in [-0.1, -0.05) is 69.2 Å². The second-order valence-electron chi connectivity index (χ2n) is 1.57. The summed E-state index contributed by atoms with van der Waals surface area (Å²) >= 11 is 7.58. The Labute approximate surface area is 264 Å². The van der Waals surface area contributed by atoms with Gasteiger partial charge in [0.1, 0.15) is 0 Å². The van der Waals surface area contributed by atoms with Crippen LogP contribution in [0.1, 0.15) is 90.0 Å². The van der Waals surface area contributed by atoms with Gasteiger partial charge < -0.3 is 0 Å². The molecule has 0 N–H and O–H groups in total. The summed E-state index contributed by atoms with van der Waals surface area (Å²) in [6.07, 6.45) is 2.68. The van der Waals surface area contributed by atoms with Crippen molar-refractivity contribution in [2.75, 3.05) is 0 Å². The Morgan fingerprint density at radius 3 is 0.806 bits per heavy atom. The zero-order valence-corrected chi connectivity index (χ0v) is 39.4. The molecule has 0 amide bonds. The number of nitrogens with zero attached hydrogens (tertiary/aromatic N) is 3. The average molecular weight is 1450 g/mol. The molecule has 0 aromatic heterocycles. The number of aliphatic imine (C=N–C) groups is 3. The van der Waals surface area contributed by atoms with E-state index in [1.165, 1.54) is 77.4 Å². The summed E-state index contributed by atoms with van der Waals surface area (Å²) in [5.74, 6) is 0. The molecule has 0 aromatic rings. The van der Waals surface area contributed by atoms with Crippen LogP contribution in [0.25, 0.3) is 0 Å². The van der Waals surface area contributed by atoms with Crippen molar-refractivity contribution in [1.29, 1.82) is 0 Å². The minimum atomic E-state index is 1.08. The first kappa shape index (κ1) is 69.9. The van der Waals surface area contributed by atoms with E-state index in [4.69, 9.17) is 0 Å². The van der Waals surface area contributed by atoms with Gasteiger partial charge in [-0.15, -0.1) is 0 Å². The van der Waals surface area contributed by atoms with Crippen LogP contribution in [-0.2, 0) is 116 Å². The zero-order chi connectivity index (χ0) is 28.5.